The number of pyridine rings is 1. The van der Waals surface area contributed by atoms with Gasteiger partial charge >= 0.3 is 0 Å². The van der Waals surface area contributed by atoms with Crippen LogP contribution < -0.4 is 0 Å². The zero-order chi connectivity index (χ0) is 13.7. The van der Waals surface area contributed by atoms with Crippen LogP contribution in [0.15, 0.2) is 42.6 Å². The number of aryl methyl sites for hydroxylation is 2. The lowest BCUT2D eigenvalue weighted by molar-refractivity contribution is 0.103. The monoisotopic (exact) mass is 253 g/mol. The van der Waals surface area contributed by atoms with Crippen LogP contribution >= 0.6 is 0 Å². The van der Waals surface area contributed by atoms with Crippen molar-refractivity contribution in [2.45, 2.75) is 33.1 Å². The van der Waals surface area contributed by atoms with Gasteiger partial charge in [-0.15, -0.1) is 0 Å². The molecule has 2 aromatic rings. The fourth-order valence-electron chi connectivity index (χ4n) is 2.18. The third kappa shape index (κ3) is 3.08. The van der Waals surface area contributed by atoms with Gasteiger partial charge in [0.2, 0.25) is 5.78 Å². The molecule has 0 N–H and O–H groups in total. The van der Waals surface area contributed by atoms with Crippen LogP contribution in [0.4, 0.5) is 0 Å². The summed E-state index contributed by atoms with van der Waals surface area (Å²) >= 11 is 0. The first-order valence-electron chi connectivity index (χ1n) is 6.83. The van der Waals surface area contributed by atoms with E-state index in [-0.39, 0.29) is 5.78 Å². The molecule has 1 aromatic carbocycles. The maximum atomic E-state index is 12.4. The predicted molar refractivity (Wildman–Crippen MR) is 77.5 cm³/mol. The van der Waals surface area contributed by atoms with Crippen molar-refractivity contribution >= 4 is 5.78 Å². The second kappa shape index (κ2) is 6.28. The molecule has 0 atom stereocenters. The maximum absolute atomic E-state index is 12.4. The van der Waals surface area contributed by atoms with E-state index in [2.05, 4.69) is 11.9 Å². The molecule has 1 aromatic heterocycles. The number of ketones is 1. The van der Waals surface area contributed by atoms with Gasteiger partial charge in [0.25, 0.3) is 0 Å². The molecule has 0 aliphatic heterocycles. The molecular formula is C17H19NO. The van der Waals surface area contributed by atoms with Crippen molar-refractivity contribution in [1.29, 1.82) is 0 Å². The highest BCUT2D eigenvalue weighted by Gasteiger charge is 2.13. The Bertz CT molecular complexity index is 558. The van der Waals surface area contributed by atoms with Gasteiger partial charge in [-0.25, -0.2) is 0 Å². The zero-order valence-corrected chi connectivity index (χ0v) is 11.5. The topological polar surface area (TPSA) is 30.0 Å². The Hall–Kier alpha value is -1.96. The third-order valence-electron chi connectivity index (χ3n) is 3.24. The van der Waals surface area contributed by atoms with E-state index in [0.29, 0.717) is 11.3 Å². The molecule has 2 heteroatoms. The van der Waals surface area contributed by atoms with Gasteiger partial charge in [0.05, 0.1) is 0 Å². The second-order valence-corrected chi connectivity index (χ2v) is 4.64. The predicted octanol–water partition coefficient (Wildman–Crippen LogP) is 3.83. The lowest BCUT2D eigenvalue weighted by atomic mass is 10.0. The first kappa shape index (κ1) is 13.5. The van der Waals surface area contributed by atoms with Gasteiger partial charge in [0.1, 0.15) is 5.69 Å². The van der Waals surface area contributed by atoms with Gasteiger partial charge in [-0.1, -0.05) is 50.6 Å². The van der Waals surface area contributed by atoms with Crippen molar-refractivity contribution in [2.75, 3.05) is 0 Å². The van der Waals surface area contributed by atoms with Crippen molar-refractivity contribution in [2.24, 2.45) is 0 Å². The van der Waals surface area contributed by atoms with Gasteiger partial charge in [0, 0.05) is 11.8 Å². The van der Waals surface area contributed by atoms with Crippen LogP contribution in [-0.4, -0.2) is 10.8 Å². The molecule has 0 aliphatic carbocycles. The molecule has 19 heavy (non-hydrogen) atoms. The summed E-state index contributed by atoms with van der Waals surface area (Å²) in [5.74, 6) is 0.0144. The Kier molecular flexibility index (Phi) is 4.45. The molecule has 0 saturated carbocycles. The van der Waals surface area contributed by atoms with Crippen LogP contribution in [0.2, 0.25) is 0 Å². The van der Waals surface area contributed by atoms with Crippen molar-refractivity contribution in [3.63, 3.8) is 0 Å². The number of aromatic nitrogens is 1. The van der Waals surface area contributed by atoms with E-state index in [1.54, 1.807) is 6.20 Å². The van der Waals surface area contributed by atoms with Gasteiger partial charge < -0.3 is 0 Å². The fraction of sp³-hybridized carbons (Fsp3) is 0.294. The smallest absolute Gasteiger partial charge is 0.211 e. The van der Waals surface area contributed by atoms with E-state index in [0.717, 1.165) is 24.8 Å². The number of hydrogen-bond acceptors (Lipinski definition) is 2. The summed E-state index contributed by atoms with van der Waals surface area (Å²) in [6, 6.07) is 11.7. The Balaban J connectivity index is 2.28. The SMILES string of the molecule is CCCc1ccc(C(=O)c2ncccc2CC)cc1. The molecule has 0 saturated heterocycles. The lowest BCUT2D eigenvalue weighted by Crippen LogP contribution is -2.07. The van der Waals surface area contributed by atoms with Crippen LogP contribution in [0.3, 0.4) is 0 Å². The highest BCUT2D eigenvalue weighted by Crippen LogP contribution is 2.14. The number of rotatable bonds is 5. The molecule has 0 spiro atoms. The van der Waals surface area contributed by atoms with Crippen molar-refractivity contribution in [3.05, 3.63) is 65.0 Å². The van der Waals surface area contributed by atoms with E-state index in [4.69, 9.17) is 0 Å². The third-order valence-corrected chi connectivity index (χ3v) is 3.24. The Labute approximate surface area is 114 Å². The quantitative estimate of drug-likeness (QED) is 0.758. The number of nitrogens with zero attached hydrogens (tertiary/aromatic N) is 1. The fourth-order valence-corrected chi connectivity index (χ4v) is 2.18. The van der Waals surface area contributed by atoms with E-state index in [9.17, 15) is 4.79 Å². The van der Waals surface area contributed by atoms with E-state index in [1.807, 2.05) is 43.3 Å². The van der Waals surface area contributed by atoms with Crippen molar-refractivity contribution in [3.8, 4) is 0 Å². The largest absolute Gasteiger partial charge is 0.287 e. The molecule has 98 valence electrons. The van der Waals surface area contributed by atoms with E-state index in [1.165, 1.54) is 5.56 Å². The first-order valence-corrected chi connectivity index (χ1v) is 6.83. The standard InChI is InChI=1S/C17H19NO/c1-3-6-13-8-10-15(11-9-13)17(19)16-14(4-2)7-5-12-18-16/h5,7-12H,3-4,6H2,1-2H3. The summed E-state index contributed by atoms with van der Waals surface area (Å²) in [4.78, 5) is 16.7. The highest BCUT2D eigenvalue weighted by molar-refractivity contribution is 6.08. The summed E-state index contributed by atoms with van der Waals surface area (Å²) < 4.78 is 0. The first-order chi connectivity index (χ1) is 9.26. The van der Waals surface area contributed by atoms with Gasteiger partial charge in [-0.05, 0) is 30.0 Å². The number of benzene rings is 1. The van der Waals surface area contributed by atoms with Gasteiger partial charge in [0.15, 0.2) is 0 Å². The van der Waals surface area contributed by atoms with Crippen molar-refractivity contribution < 1.29 is 4.79 Å². The lowest BCUT2D eigenvalue weighted by Gasteiger charge is -2.06. The minimum Gasteiger partial charge on any atom is -0.287 e. The average Bonchev–Trinajstić information content (AvgIpc) is 2.47. The van der Waals surface area contributed by atoms with E-state index < -0.39 is 0 Å². The summed E-state index contributed by atoms with van der Waals surface area (Å²) in [6.07, 6.45) is 4.67. The zero-order valence-electron chi connectivity index (χ0n) is 11.5. The van der Waals surface area contributed by atoms with Crippen LogP contribution in [0.1, 0.15) is 47.4 Å². The number of carbonyl (C=O) groups excluding carboxylic acids is 1. The van der Waals surface area contributed by atoms with Crippen LogP contribution in [0.25, 0.3) is 0 Å². The Morgan fingerprint density at radius 2 is 1.84 bits per heavy atom. The minimum absolute atomic E-state index is 0.0144. The minimum atomic E-state index is 0.0144. The molecule has 0 fully saturated rings. The molecule has 0 amide bonds. The molecule has 0 unspecified atom stereocenters. The molecular weight excluding hydrogens is 234 g/mol. The Morgan fingerprint density at radius 3 is 2.47 bits per heavy atom. The van der Waals surface area contributed by atoms with Gasteiger partial charge in [-0.2, -0.15) is 0 Å². The molecule has 2 rings (SSSR count). The Morgan fingerprint density at radius 1 is 1.11 bits per heavy atom. The normalized spacial score (nSPS) is 10.4. The van der Waals surface area contributed by atoms with Gasteiger partial charge in [-0.3, -0.25) is 9.78 Å². The number of carbonyl (C=O) groups is 1. The highest BCUT2D eigenvalue weighted by atomic mass is 16.1. The summed E-state index contributed by atoms with van der Waals surface area (Å²) in [6.45, 7) is 4.19. The molecule has 0 aliphatic rings. The molecule has 0 radical (unpaired) electrons. The summed E-state index contributed by atoms with van der Waals surface area (Å²) in [5.41, 5.74) is 3.57. The summed E-state index contributed by atoms with van der Waals surface area (Å²) in [7, 11) is 0. The second-order valence-electron chi connectivity index (χ2n) is 4.64. The van der Waals surface area contributed by atoms with Crippen LogP contribution in [-0.2, 0) is 12.8 Å². The van der Waals surface area contributed by atoms with E-state index >= 15 is 0 Å². The van der Waals surface area contributed by atoms with Crippen molar-refractivity contribution in [1.82, 2.24) is 4.98 Å². The maximum Gasteiger partial charge on any atom is 0.211 e. The number of hydrogen-bond donors (Lipinski definition) is 0. The average molecular weight is 253 g/mol. The van der Waals surface area contributed by atoms with Crippen LogP contribution in [0, 0.1) is 0 Å². The molecule has 0 bridgehead atoms. The summed E-state index contributed by atoms with van der Waals surface area (Å²) in [5, 5.41) is 0. The van der Waals surface area contributed by atoms with Crippen LogP contribution in [0.5, 0.6) is 0 Å². The molecule has 1 heterocycles. The molecule has 2 nitrogen and oxygen atoms in total.